The van der Waals surface area contributed by atoms with E-state index in [4.69, 9.17) is 9.85 Å². The summed E-state index contributed by atoms with van der Waals surface area (Å²) < 4.78 is 22.8. The number of anilines is 1. The summed E-state index contributed by atoms with van der Waals surface area (Å²) in [5, 5.41) is 12.1. The van der Waals surface area contributed by atoms with Crippen LogP contribution in [-0.4, -0.2) is 24.8 Å². The number of aromatic nitrogens is 5. The van der Waals surface area contributed by atoms with Gasteiger partial charge in [0.1, 0.15) is 11.4 Å². The summed E-state index contributed by atoms with van der Waals surface area (Å²) in [4.78, 5) is 1.46. The zero-order valence-electron chi connectivity index (χ0n) is 11.5. The van der Waals surface area contributed by atoms with Crippen LogP contribution < -0.4 is 5.73 Å². The summed E-state index contributed by atoms with van der Waals surface area (Å²) in [5.41, 5.74) is 5.49. The third-order valence-corrected chi connectivity index (χ3v) is 2.28. The number of nitrogens with two attached hydrogens (primary N) is 1. The second kappa shape index (κ2) is 3.08. The summed E-state index contributed by atoms with van der Waals surface area (Å²) in [7, 11) is 0. The Bertz CT molecular complexity index is 539. The van der Waals surface area contributed by atoms with E-state index in [1.165, 1.54) is 10.9 Å². The van der Waals surface area contributed by atoms with Crippen LogP contribution in [0.1, 0.15) is 23.7 Å². The predicted molar refractivity (Wildman–Crippen MR) is 56.1 cm³/mol. The van der Waals surface area contributed by atoms with Gasteiger partial charge in [-0.25, -0.2) is 0 Å². The molecule has 0 radical (unpaired) electrons. The van der Waals surface area contributed by atoms with Crippen molar-refractivity contribution in [1.29, 1.82) is 0 Å². The van der Waals surface area contributed by atoms with E-state index in [0.29, 0.717) is 5.69 Å². The molecule has 2 aromatic rings. The molecule has 0 saturated heterocycles. The van der Waals surface area contributed by atoms with Crippen LogP contribution in [0, 0.1) is 0 Å². The molecule has 80 valence electrons. The Morgan fingerprint density at radius 1 is 1.40 bits per heavy atom. The van der Waals surface area contributed by atoms with Gasteiger partial charge in [0.2, 0.25) is 0 Å². The fraction of sp³-hybridized carbons (Fsp3) is 0.444. The van der Waals surface area contributed by atoms with Crippen LogP contribution in [0.2, 0.25) is 0 Å². The average molecular weight is 209 g/mol. The van der Waals surface area contributed by atoms with Gasteiger partial charge in [0.15, 0.2) is 0 Å². The van der Waals surface area contributed by atoms with Gasteiger partial charge in [-0.1, -0.05) is 0 Å². The fourth-order valence-corrected chi connectivity index (χ4v) is 1.30. The summed E-state index contributed by atoms with van der Waals surface area (Å²) in [6.07, 6.45) is 3.09. The molecule has 0 aromatic carbocycles. The van der Waals surface area contributed by atoms with Crippen LogP contribution in [0.5, 0.6) is 0 Å². The average Bonchev–Trinajstić information content (AvgIpc) is 2.83. The van der Waals surface area contributed by atoms with Gasteiger partial charge < -0.3 is 5.73 Å². The van der Waals surface area contributed by atoms with Crippen molar-refractivity contribution >= 4 is 5.82 Å². The van der Waals surface area contributed by atoms with Crippen LogP contribution in [-0.2, 0) is 12.5 Å². The van der Waals surface area contributed by atoms with Crippen molar-refractivity contribution in [3.05, 3.63) is 24.2 Å². The van der Waals surface area contributed by atoms with Gasteiger partial charge in [-0.15, -0.1) is 0 Å². The summed E-state index contributed by atoms with van der Waals surface area (Å²) in [6, 6.07) is 1.52. The zero-order valence-corrected chi connectivity index (χ0v) is 8.55. The molecule has 0 saturated carbocycles. The van der Waals surface area contributed by atoms with Gasteiger partial charge in [-0.2, -0.15) is 20.1 Å². The van der Waals surface area contributed by atoms with E-state index in [1.54, 1.807) is 12.4 Å². The first-order valence-electron chi connectivity index (χ1n) is 5.96. The van der Waals surface area contributed by atoms with Crippen LogP contribution in [0.3, 0.4) is 0 Å². The van der Waals surface area contributed by atoms with Crippen LogP contribution in [0.4, 0.5) is 5.82 Å². The molecule has 0 bridgehead atoms. The van der Waals surface area contributed by atoms with Crippen molar-refractivity contribution < 1.29 is 4.11 Å². The van der Waals surface area contributed by atoms with Gasteiger partial charge in [0.25, 0.3) is 0 Å². The highest BCUT2D eigenvalue weighted by molar-refractivity contribution is 5.33. The third-order valence-electron chi connectivity index (χ3n) is 2.28. The molecule has 2 aromatic heterocycles. The van der Waals surface area contributed by atoms with Crippen molar-refractivity contribution in [3.63, 3.8) is 0 Å². The highest BCUT2D eigenvalue weighted by atomic mass is 15.5. The van der Waals surface area contributed by atoms with Crippen LogP contribution >= 0.6 is 0 Å². The van der Waals surface area contributed by atoms with Gasteiger partial charge in [0, 0.05) is 17.2 Å². The number of hydrogen-bond donors (Lipinski definition) is 1. The molecule has 0 fully saturated rings. The number of hydrogen-bond acceptors (Lipinski definition) is 4. The Hall–Kier alpha value is -1.85. The minimum Gasteiger partial charge on any atom is -0.384 e. The maximum Gasteiger partial charge on any atom is 0.121 e. The highest BCUT2D eigenvalue weighted by Gasteiger charge is 2.28. The van der Waals surface area contributed by atoms with Gasteiger partial charge in [0.05, 0.1) is 18.1 Å². The normalized spacial score (nSPS) is 15.7. The molecule has 0 aliphatic heterocycles. The van der Waals surface area contributed by atoms with E-state index in [0.717, 1.165) is 4.68 Å². The number of nitrogens with zero attached hydrogens (tertiary/aromatic N) is 5. The van der Waals surface area contributed by atoms with E-state index in [2.05, 4.69) is 15.3 Å². The molecule has 0 unspecified atom stereocenters. The molecule has 2 N–H and O–H groups in total. The molecule has 0 aliphatic rings. The number of aryl methyl sites for hydroxylation is 1. The summed E-state index contributed by atoms with van der Waals surface area (Å²) >= 11 is 0. The third kappa shape index (κ3) is 1.47. The van der Waals surface area contributed by atoms with E-state index >= 15 is 0 Å². The standard InChI is InChI=1S/C9H14N6/c1-9(2,15-11-4-5-12-15)7-6-8(10)14(3)13-7/h4-6H,10H2,1-3H3/i3D3. The lowest BCUT2D eigenvalue weighted by molar-refractivity contribution is 0.332. The Labute approximate surface area is 91.9 Å². The molecular formula is C9H14N6. The molecular weight excluding hydrogens is 192 g/mol. The lowest BCUT2D eigenvalue weighted by Gasteiger charge is -2.20. The molecule has 2 rings (SSSR count). The molecule has 0 aliphatic carbocycles. The van der Waals surface area contributed by atoms with Crippen molar-refractivity contribution in [3.8, 4) is 0 Å². The second-order valence-electron chi connectivity index (χ2n) is 3.74. The monoisotopic (exact) mass is 209 g/mol. The largest absolute Gasteiger partial charge is 0.384 e. The maximum atomic E-state index is 7.32. The van der Waals surface area contributed by atoms with Gasteiger partial charge in [-0.05, 0) is 13.8 Å². The zero-order chi connectivity index (χ0) is 13.6. The molecule has 0 atom stereocenters. The number of rotatable bonds is 2. The maximum absolute atomic E-state index is 7.32. The van der Waals surface area contributed by atoms with Crippen LogP contribution in [0.15, 0.2) is 18.5 Å². The van der Waals surface area contributed by atoms with Gasteiger partial charge in [-0.3, -0.25) is 4.68 Å². The highest BCUT2D eigenvalue weighted by Crippen LogP contribution is 2.23. The van der Waals surface area contributed by atoms with Gasteiger partial charge >= 0.3 is 0 Å². The first kappa shape index (κ1) is 6.60. The van der Waals surface area contributed by atoms with E-state index in [1.807, 2.05) is 13.8 Å². The molecule has 15 heavy (non-hydrogen) atoms. The summed E-state index contributed by atoms with van der Waals surface area (Å²) in [5.74, 6) is 0.0882. The van der Waals surface area contributed by atoms with Crippen molar-refractivity contribution in [1.82, 2.24) is 24.8 Å². The Kier molecular flexibility index (Phi) is 1.35. The lowest BCUT2D eigenvalue weighted by Crippen LogP contribution is -2.30. The summed E-state index contributed by atoms with van der Waals surface area (Å²) in [6.45, 7) is 1.27. The Morgan fingerprint density at radius 2 is 2.07 bits per heavy atom. The first-order chi connectivity index (χ1) is 8.23. The lowest BCUT2D eigenvalue weighted by atomic mass is 10.0. The second-order valence-corrected chi connectivity index (χ2v) is 3.74. The fourth-order valence-electron chi connectivity index (χ4n) is 1.30. The van der Waals surface area contributed by atoms with E-state index in [9.17, 15) is 0 Å². The smallest absolute Gasteiger partial charge is 0.121 e. The van der Waals surface area contributed by atoms with Crippen molar-refractivity contribution in [2.75, 3.05) is 5.73 Å². The van der Waals surface area contributed by atoms with Crippen molar-refractivity contribution in [2.24, 2.45) is 6.98 Å². The molecule has 0 amide bonds. The molecule has 2 heterocycles. The van der Waals surface area contributed by atoms with Crippen LogP contribution in [0.25, 0.3) is 0 Å². The molecule has 6 nitrogen and oxygen atoms in total. The predicted octanol–water partition coefficient (Wildman–Crippen LogP) is 0.377. The first-order valence-corrected chi connectivity index (χ1v) is 4.46. The topological polar surface area (TPSA) is 74.5 Å². The van der Waals surface area contributed by atoms with E-state index < -0.39 is 12.5 Å². The molecule has 0 spiro atoms. The minimum atomic E-state index is -2.39. The van der Waals surface area contributed by atoms with Crippen molar-refractivity contribution in [2.45, 2.75) is 19.4 Å². The number of nitrogen functional groups attached to an aromatic ring is 1. The quantitative estimate of drug-likeness (QED) is 0.775. The van der Waals surface area contributed by atoms with E-state index in [-0.39, 0.29) is 5.82 Å². The minimum absolute atomic E-state index is 0.0882. The Morgan fingerprint density at radius 3 is 2.60 bits per heavy atom. The molecule has 6 heteroatoms. The SMILES string of the molecule is [2H]C([2H])([2H])n1nc(C(C)(C)n2nccn2)cc1N. The Balaban J connectivity index is 2.47.